The predicted octanol–water partition coefficient (Wildman–Crippen LogP) is 6.84. The fraction of sp³-hybridized carbons (Fsp3) is 0.611. The highest BCUT2D eigenvalue weighted by molar-refractivity contribution is 5.74. The van der Waals surface area contributed by atoms with Gasteiger partial charge in [-0.2, -0.15) is 0 Å². The molecule has 10 nitrogen and oxygen atoms in total. The number of hydrogen-bond donors (Lipinski definition) is 7. The molecule has 0 aromatic heterocycles. The molecular formula is C54H78N2O8. The highest BCUT2D eigenvalue weighted by Crippen LogP contribution is 2.67. The molecule has 0 saturated heterocycles. The van der Waals surface area contributed by atoms with Crippen LogP contribution < -0.4 is 10.6 Å². The Kier molecular flexibility index (Phi) is 16.9. The number of methoxy groups -OCH3 is 1. The van der Waals surface area contributed by atoms with E-state index in [-0.39, 0.29) is 47.7 Å². The van der Waals surface area contributed by atoms with Gasteiger partial charge in [0.25, 0.3) is 0 Å². The molecule has 5 aliphatic rings. The molecule has 2 fully saturated rings. The van der Waals surface area contributed by atoms with Gasteiger partial charge >= 0.3 is 0 Å². The summed E-state index contributed by atoms with van der Waals surface area (Å²) < 4.78 is 11.9. The van der Waals surface area contributed by atoms with Crippen molar-refractivity contribution in [1.29, 1.82) is 0 Å². The van der Waals surface area contributed by atoms with E-state index in [1.54, 1.807) is 7.11 Å². The van der Waals surface area contributed by atoms with Gasteiger partial charge in [-0.05, 0) is 144 Å². The summed E-state index contributed by atoms with van der Waals surface area (Å²) in [7, 11) is 3.57. The van der Waals surface area contributed by atoms with Crippen molar-refractivity contribution in [3.63, 3.8) is 0 Å². The van der Waals surface area contributed by atoms with Gasteiger partial charge in [-0.3, -0.25) is 10.1 Å². The van der Waals surface area contributed by atoms with E-state index < -0.39 is 41.7 Å². The lowest BCUT2D eigenvalue weighted by molar-refractivity contribution is -0.195. The summed E-state index contributed by atoms with van der Waals surface area (Å²) in [5, 5.41) is 66.1. The van der Waals surface area contributed by atoms with Crippen molar-refractivity contribution in [1.82, 2.24) is 10.6 Å². The number of fused-ring (bicyclic) bond motifs is 5. The Labute approximate surface area is 383 Å². The lowest BCUT2D eigenvalue weighted by atomic mass is 9.45. The third-order valence-electron chi connectivity index (χ3n) is 15.7. The number of ether oxygens (including phenoxy) is 2. The second-order valence-corrected chi connectivity index (χ2v) is 20.3. The third kappa shape index (κ3) is 10.5. The molecule has 6 rings (SSSR count). The summed E-state index contributed by atoms with van der Waals surface area (Å²) in [6.07, 6.45) is 18.9. The maximum absolute atomic E-state index is 13.2. The number of aliphatic hydroxyl groups is 5. The Bertz CT molecular complexity index is 1980. The molecule has 7 N–H and O–H groups in total. The van der Waals surface area contributed by atoms with Gasteiger partial charge in [0.1, 0.15) is 18.6 Å². The van der Waals surface area contributed by atoms with Crippen molar-refractivity contribution in [3.05, 3.63) is 118 Å². The Hall–Kier alpha value is -3.29. The standard InChI is InChI=1S/C54H78N2O8/c1-34(2)43-19-20-46(64-51(43)61)44(14-9-11-35(3)41-16-15-36(4)50(60)56-52(6,25-28-63-8)31-39-13-10-12-38(29-39)30-41)45-21-23-54(49(45)59)48-40(22-27-57)17-18-42(47(48)37(5)33-58)32-53(54,62)24-26-55-7/h9-15,17-20,29,33-34,40-43,45-46,48-51,55-57,59-62H,3,16,21-28,30-32H2,1-2,4-8H3/b11-9+,36-15+,44-14+,47-37?/t40-,41-,42-,43-,45-,46-,48-,49+,50+,51+,52-,53+,54+/m0/s1. The van der Waals surface area contributed by atoms with Gasteiger partial charge in [-0.15, -0.1) is 0 Å². The fourth-order valence-corrected chi connectivity index (χ4v) is 12.2. The van der Waals surface area contributed by atoms with Crippen molar-refractivity contribution < 1.29 is 39.8 Å². The topological polar surface area (TPSA) is 161 Å². The fourth-order valence-electron chi connectivity index (χ4n) is 12.2. The zero-order valence-corrected chi connectivity index (χ0v) is 39.5. The number of nitrogens with one attached hydrogen (secondary N) is 2. The minimum Gasteiger partial charge on any atom is -0.396 e. The van der Waals surface area contributed by atoms with Crippen molar-refractivity contribution in [2.45, 2.75) is 128 Å². The van der Waals surface area contributed by atoms with E-state index in [0.29, 0.717) is 57.2 Å². The number of rotatable bonds is 15. The van der Waals surface area contributed by atoms with E-state index >= 15 is 0 Å². The lowest BCUT2D eigenvalue weighted by Crippen LogP contribution is -2.65. The SMILES string of the molecule is C=C(/C=C/C=C(/[C@@H]1C=C[C@@H](C(C)C)[C@H](O)O1)[C@@H]1CC[C@]2([C@@H]1O)[C@@H]1C(=C(C)C=O)[C@@H](C=C[C@H]1CCO)C[C@]2(O)CCNC)[C@H]1C/C=C(\C)[C@@H](O)N[C@@](C)(CCOC)Cc2cccc(c2)C1. The Morgan fingerprint density at radius 1 is 1.12 bits per heavy atom. The number of benzene rings is 1. The van der Waals surface area contributed by atoms with Crippen LogP contribution in [0.3, 0.4) is 0 Å². The van der Waals surface area contributed by atoms with E-state index in [0.717, 1.165) is 47.8 Å². The molecule has 0 unspecified atom stereocenters. The van der Waals surface area contributed by atoms with E-state index in [4.69, 9.17) is 9.47 Å². The molecule has 0 radical (unpaired) electrons. The van der Waals surface area contributed by atoms with Crippen LogP contribution in [0.1, 0.15) is 90.7 Å². The summed E-state index contributed by atoms with van der Waals surface area (Å²) in [6, 6.07) is 8.67. The zero-order valence-electron chi connectivity index (χ0n) is 39.5. The number of aldehydes is 1. The molecule has 1 spiro atoms. The predicted molar refractivity (Wildman–Crippen MR) is 254 cm³/mol. The Balaban J connectivity index is 1.39. The number of carbonyl (C=O) groups is 1. The molecule has 352 valence electrons. The molecule has 13 atom stereocenters. The summed E-state index contributed by atoms with van der Waals surface area (Å²) >= 11 is 0. The average molecular weight is 883 g/mol. The Morgan fingerprint density at radius 3 is 2.58 bits per heavy atom. The minimum absolute atomic E-state index is 0.0241. The quantitative estimate of drug-likeness (QED) is 0.0430. The van der Waals surface area contributed by atoms with Gasteiger partial charge in [0.2, 0.25) is 0 Å². The van der Waals surface area contributed by atoms with Gasteiger partial charge in [-0.25, -0.2) is 0 Å². The van der Waals surface area contributed by atoms with E-state index in [9.17, 15) is 30.3 Å². The van der Waals surface area contributed by atoms with Gasteiger partial charge < -0.3 is 40.3 Å². The number of hydrogen-bond acceptors (Lipinski definition) is 10. The number of allylic oxidation sites excluding steroid dienone is 9. The summed E-state index contributed by atoms with van der Waals surface area (Å²) in [5.74, 6) is -1.17. The van der Waals surface area contributed by atoms with Gasteiger partial charge in [0.15, 0.2) is 6.29 Å². The van der Waals surface area contributed by atoms with Gasteiger partial charge in [0, 0.05) is 49.0 Å². The smallest absolute Gasteiger partial charge is 0.162 e. The van der Waals surface area contributed by atoms with Crippen LogP contribution in [0.5, 0.6) is 0 Å². The molecule has 0 amide bonds. The van der Waals surface area contributed by atoms with Crippen molar-refractivity contribution in [2.75, 3.05) is 33.9 Å². The first-order valence-corrected chi connectivity index (χ1v) is 23.8. The lowest BCUT2D eigenvalue weighted by Gasteiger charge is -2.61. The minimum atomic E-state index is -1.28. The molecule has 2 aliphatic heterocycles. The summed E-state index contributed by atoms with van der Waals surface area (Å²) in [4.78, 5) is 12.6. The largest absolute Gasteiger partial charge is 0.396 e. The Morgan fingerprint density at radius 2 is 1.89 bits per heavy atom. The highest BCUT2D eigenvalue weighted by Gasteiger charge is 2.69. The van der Waals surface area contributed by atoms with Gasteiger partial charge in [-0.1, -0.05) is 104 Å². The molecule has 64 heavy (non-hydrogen) atoms. The van der Waals surface area contributed by atoms with E-state index in [1.807, 2.05) is 51.3 Å². The van der Waals surface area contributed by atoms with Crippen molar-refractivity contribution >= 4 is 6.29 Å². The highest BCUT2D eigenvalue weighted by atomic mass is 16.6. The van der Waals surface area contributed by atoms with Crippen LogP contribution in [0.4, 0.5) is 0 Å². The molecule has 2 saturated carbocycles. The van der Waals surface area contributed by atoms with Crippen LogP contribution in [0, 0.1) is 46.8 Å². The van der Waals surface area contributed by atoms with E-state index in [2.05, 4.69) is 80.5 Å². The van der Waals surface area contributed by atoms with Crippen LogP contribution in [0.15, 0.2) is 107 Å². The second-order valence-electron chi connectivity index (χ2n) is 20.3. The molecule has 1 aromatic rings. The van der Waals surface area contributed by atoms with E-state index in [1.165, 1.54) is 11.1 Å². The summed E-state index contributed by atoms with van der Waals surface area (Å²) in [6.45, 7) is 15.7. The number of aliphatic hydroxyl groups excluding tert-OH is 4. The normalized spacial score (nSPS) is 38.5. The van der Waals surface area contributed by atoms with Crippen molar-refractivity contribution in [2.24, 2.45) is 46.8 Å². The van der Waals surface area contributed by atoms with Crippen LogP contribution in [-0.4, -0.2) is 102 Å². The second kappa shape index (κ2) is 21.6. The first-order chi connectivity index (χ1) is 30.5. The molecular weight excluding hydrogens is 805 g/mol. The van der Waals surface area contributed by atoms with Crippen LogP contribution in [-0.2, 0) is 27.1 Å². The third-order valence-corrected chi connectivity index (χ3v) is 15.7. The maximum atomic E-state index is 13.2. The van der Waals surface area contributed by atoms with Crippen LogP contribution >= 0.6 is 0 Å². The maximum Gasteiger partial charge on any atom is 0.162 e. The molecule has 1 aromatic carbocycles. The number of carbonyl (C=O) groups excluding carboxylic acids is 1. The van der Waals surface area contributed by atoms with Crippen LogP contribution in [0.2, 0.25) is 0 Å². The molecule has 4 bridgehead atoms. The van der Waals surface area contributed by atoms with Gasteiger partial charge in [0.05, 0.1) is 11.7 Å². The first-order valence-electron chi connectivity index (χ1n) is 23.8. The average Bonchev–Trinajstić information content (AvgIpc) is 3.60. The molecule has 3 aliphatic carbocycles. The first kappa shape index (κ1) is 50.1. The summed E-state index contributed by atoms with van der Waals surface area (Å²) in [5.41, 5.74) is 3.85. The zero-order chi connectivity index (χ0) is 46.4. The van der Waals surface area contributed by atoms with Crippen molar-refractivity contribution in [3.8, 4) is 0 Å². The monoisotopic (exact) mass is 883 g/mol. The molecule has 2 heterocycles. The van der Waals surface area contributed by atoms with Crippen LogP contribution in [0.25, 0.3) is 0 Å². The molecule has 10 heteroatoms.